The zero-order valence-corrected chi connectivity index (χ0v) is 23.2. The van der Waals surface area contributed by atoms with E-state index in [0.29, 0.717) is 37.1 Å². The highest BCUT2D eigenvalue weighted by Crippen LogP contribution is 2.34. The number of carbonyl (C=O) groups excluding carboxylic acids is 2. The van der Waals surface area contributed by atoms with Gasteiger partial charge < -0.3 is 14.5 Å². The Balaban J connectivity index is 1.52. The van der Waals surface area contributed by atoms with Crippen molar-refractivity contribution >= 4 is 23.2 Å². The summed E-state index contributed by atoms with van der Waals surface area (Å²) in [6.45, 7) is 10.2. The number of amides is 2. The molecule has 0 N–H and O–H groups in total. The molecule has 3 aromatic rings. The monoisotopic (exact) mass is 518 g/mol. The topological polar surface area (TPSA) is 49.9 Å². The summed E-state index contributed by atoms with van der Waals surface area (Å²) in [5, 5.41) is 2.09. The first-order valence-corrected chi connectivity index (χ1v) is 14.2. The number of ether oxygens (including phenoxy) is 1. The normalized spacial score (nSPS) is 15.8. The largest absolute Gasteiger partial charge is 0.491 e. The van der Waals surface area contributed by atoms with Gasteiger partial charge in [0.1, 0.15) is 18.9 Å². The molecule has 4 rings (SSSR count). The smallest absolute Gasteiger partial charge is 0.254 e. The number of carbonyl (C=O) groups is 2. The van der Waals surface area contributed by atoms with Gasteiger partial charge in [-0.05, 0) is 65.1 Å². The van der Waals surface area contributed by atoms with Gasteiger partial charge in [-0.15, -0.1) is 11.3 Å². The van der Waals surface area contributed by atoms with E-state index in [1.807, 2.05) is 47.4 Å². The van der Waals surface area contributed by atoms with Crippen molar-refractivity contribution < 1.29 is 14.3 Å². The van der Waals surface area contributed by atoms with Crippen molar-refractivity contribution in [1.82, 2.24) is 9.80 Å². The van der Waals surface area contributed by atoms with Crippen LogP contribution < -0.4 is 4.74 Å². The second-order valence-corrected chi connectivity index (χ2v) is 11.3. The van der Waals surface area contributed by atoms with Crippen LogP contribution in [0.25, 0.3) is 0 Å². The van der Waals surface area contributed by atoms with Gasteiger partial charge >= 0.3 is 0 Å². The molecule has 2 amide bonds. The fourth-order valence-electron chi connectivity index (χ4n) is 4.74. The lowest BCUT2D eigenvalue weighted by Gasteiger charge is -2.37. The van der Waals surface area contributed by atoms with Crippen LogP contribution in [0, 0.1) is 5.92 Å². The second kappa shape index (κ2) is 12.4. The highest BCUT2D eigenvalue weighted by molar-refractivity contribution is 7.10. The minimum absolute atomic E-state index is 0.0341. The molecule has 0 radical (unpaired) electrons. The predicted molar refractivity (Wildman–Crippen MR) is 150 cm³/mol. The van der Waals surface area contributed by atoms with Crippen molar-refractivity contribution in [3.63, 3.8) is 0 Å². The summed E-state index contributed by atoms with van der Waals surface area (Å²) in [4.78, 5) is 32.1. The Kier molecular flexibility index (Phi) is 9.04. The average Bonchev–Trinajstić information content (AvgIpc) is 3.40. The standard InChI is InChI=1S/C31H38N2O3S/c1-5-23(4)19-32(31(35)25-9-7-6-8-10-25)20-30(34)33-17-15-29-27(16-18-37-29)28(33)21-36-26-13-11-24(12-14-26)22(2)3/h6-14,16,18,22-23,28H,5,15,17,19-21H2,1-4H3/t23-,28+/m1/s1. The summed E-state index contributed by atoms with van der Waals surface area (Å²) in [7, 11) is 0. The molecule has 0 aliphatic carbocycles. The molecule has 5 nitrogen and oxygen atoms in total. The lowest BCUT2D eigenvalue weighted by Crippen LogP contribution is -2.48. The van der Waals surface area contributed by atoms with Gasteiger partial charge in [-0.3, -0.25) is 9.59 Å². The van der Waals surface area contributed by atoms with E-state index in [4.69, 9.17) is 4.74 Å². The van der Waals surface area contributed by atoms with Crippen LogP contribution in [0.1, 0.15) is 72.4 Å². The molecule has 1 aliphatic heterocycles. The average molecular weight is 519 g/mol. The maximum absolute atomic E-state index is 13.8. The van der Waals surface area contributed by atoms with Crippen molar-refractivity contribution in [1.29, 1.82) is 0 Å². The molecule has 0 saturated carbocycles. The minimum Gasteiger partial charge on any atom is -0.491 e. The van der Waals surface area contributed by atoms with E-state index in [2.05, 4.69) is 51.3 Å². The third-order valence-electron chi connectivity index (χ3n) is 7.23. The number of rotatable bonds is 10. The summed E-state index contributed by atoms with van der Waals surface area (Å²) in [5.74, 6) is 1.44. The first-order chi connectivity index (χ1) is 17.9. The van der Waals surface area contributed by atoms with E-state index in [1.54, 1.807) is 16.2 Å². The molecule has 2 aromatic carbocycles. The van der Waals surface area contributed by atoms with E-state index < -0.39 is 0 Å². The first-order valence-electron chi connectivity index (χ1n) is 13.3. The molecule has 0 spiro atoms. The van der Waals surface area contributed by atoms with E-state index in [1.165, 1.54) is 10.4 Å². The number of nitrogens with zero attached hydrogens (tertiary/aromatic N) is 2. The fourth-order valence-corrected chi connectivity index (χ4v) is 5.67. The van der Waals surface area contributed by atoms with Crippen LogP contribution in [-0.2, 0) is 11.2 Å². The van der Waals surface area contributed by atoms with E-state index >= 15 is 0 Å². The molecule has 1 aliphatic rings. The Bertz CT molecular complexity index is 1170. The molecule has 37 heavy (non-hydrogen) atoms. The molecule has 196 valence electrons. The Morgan fingerprint density at radius 3 is 2.46 bits per heavy atom. The van der Waals surface area contributed by atoms with Gasteiger partial charge in [0.25, 0.3) is 5.91 Å². The fraction of sp³-hybridized carbons (Fsp3) is 0.419. The third kappa shape index (κ3) is 6.61. The molecule has 2 heterocycles. The number of benzene rings is 2. The maximum atomic E-state index is 13.8. The molecule has 0 saturated heterocycles. The Labute approximate surface area is 225 Å². The van der Waals surface area contributed by atoms with Crippen LogP contribution in [0.3, 0.4) is 0 Å². The number of fused-ring (bicyclic) bond motifs is 1. The van der Waals surface area contributed by atoms with Gasteiger partial charge in [0, 0.05) is 23.5 Å². The quantitative estimate of drug-likeness (QED) is 0.305. The van der Waals surface area contributed by atoms with E-state index in [9.17, 15) is 9.59 Å². The molecule has 2 atom stereocenters. The van der Waals surface area contributed by atoms with Gasteiger partial charge in [0.15, 0.2) is 0 Å². The van der Waals surface area contributed by atoms with Crippen molar-refractivity contribution in [3.8, 4) is 5.75 Å². The number of hydrogen-bond acceptors (Lipinski definition) is 4. The predicted octanol–water partition coefficient (Wildman–Crippen LogP) is 6.56. The zero-order valence-electron chi connectivity index (χ0n) is 22.4. The van der Waals surface area contributed by atoms with Crippen LogP contribution in [0.2, 0.25) is 0 Å². The third-order valence-corrected chi connectivity index (χ3v) is 8.23. The number of hydrogen-bond donors (Lipinski definition) is 0. The minimum atomic E-state index is -0.176. The SMILES string of the molecule is CC[C@@H](C)CN(CC(=O)N1CCc2sccc2[C@@H]1COc1ccc(C(C)C)cc1)C(=O)c1ccccc1. The summed E-state index contributed by atoms with van der Waals surface area (Å²) in [5.41, 5.74) is 3.04. The lowest BCUT2D eigenvalue weighted by atomic mass is 10.00. The van der Waals surface area contributed by atoms with E-state index in [0.717, 1.165) is 24.2 Å². The zero-order chi connectivity index (χ0) is 26.4. The summed E-state index contributed by atoms with van der Waals surface area (Å²) in [6.07, 6.45) is 1.77. The maximum Gasteiger partial charge on any atom is 0.254 e. The highest BCUT2D eigenvalue weighted by Gasteiger charge is 2.34. The van der Waals surface area contributed by atoms with Crippen molar-refractivity contribution in [3.05, 3.63) is 87.6 Å². The summed E-state index contributed by atoms with van der Waals surface area (Å²) < 4.78 is 6.22. The van der Waals surface area contributed by atoms with Crippen molar-refractivity contribution in [2.45, 2.75) is 52.5 Å². The summed E-state index contributed by atoms with van der Waals surface area (Å²) in [6, 6.07) is 19.4. The number of thiophene rings is 1. The van der Waals surface area contributed by atoms with Gasteiger partial charge in [0.05, 0.1) is 6.04 Å². The van der Waals surface area contributed by atoms with E-state index in [-0.39, 0.29) is 24.4 Å². The van der Waals surface area contributed by atoms with Crippen LogP contribution in [0.15, 0.2) is 66.0 Å². The van der Waals surface area contributed by atoms with Gasteiger partial charge in [-0.1, -0.05) is 64.4 Å². The first kappa shape index (κ1) is 26.9. The van der Waals surface area contributed by atoms with Gasteiger partial charge in [0.2, 0.25) is 5.91 Å². The molecule has 0 fully saturated rings. The summed E-state index contributed by atoms with van der Waals surface area (Å²) >= 11 is 1.74. The molecular weight excluding hydrogens is 480 g/mol. The Morgan fingerprint density at radius 1 is 1.05 bits per heavy atom. The van der Waals surface area contributed by atoms with Crippen LogP contribution in [0.5, 0.6) is 5.75 Å². The van der Waals surface area contributed by atoms with Crippen molar-refractivity contribution in [2.75, 3.05) is 26.2 Å². The van der Waals surface area contributed by atoms with Crippen LogP contribution in [0.4, 0.5) is 0 Å². The van der Waals surface area contributed by atoms with Crippen LogP contribution in [-0.4, -0.2) is 47.9 Å². The molecule has 0 bridgehead atoms. The van der Waals surface area contributed by atoms with Crippen LogP contribution >= 0.6 is 11.3 Å². The van der Waals surface area contributed by atoms with Gasteiger partial charge in [-0.2, -0.15) is 0 Å². The molecule has 0 unspecified atom stereocenters. The molecular formula is C31H38N2O3S. The lowest BCUT2D eigenvalue weighted by molar-refractivity contribution is -0.135. The Morgan fingerprint density at radius 2 is 1.78 bits per heavy atom. The molecule has 1 aromatic heterocycles. The highest BCUT2D eigenvalue weighted by atomic mass is 32.1. The molecule has 6 heteroatoms. The Hall–Kier alpha value is -3.12. The van der Waals surface area contributed by atoms with Gasteiger partial charge in [-0.25, -0.2) is 0 Å². The second-order valence-electron chi connectivity index (χ2n) is 10.3. The van der Waals surface area contributed by atoms with Crippen molar-refractivity contribution in [2.24, 2.45) is 5.92 Å².